The minimum atomic E-state index is 0.157. The average molecular weight is 316 g/mol. The Kier molecular flexibility index (Phi) is 2.46. The van der Waals surface area contributed by atoms with Crippen LogP contribution in [0.4, 0.5) is 0 Å². The van der Waals surface area contributed by atoms with E-state index in [1.54, 1.807) is 0 Å². The van der Waals surface area contributed by atoms with E-state index in [1.807, 2.05) is 0 Å². The predicted molar refractivity (Wildman–Crippen MR) is 95.8 cm³/mol. The van der Waals surface area contributed by atoms with Crippen molar-refractivity contribution in [1.29, 1.82) is 0 Å². The van der Waals surface area contributed by atoms with Gasteiger partial charge in [-0.25, -0.2) is 0 Å². The molecule has 1 nitrogen and oxygen atoms in total. The van der Waals surface area contributed by atoms with Crippen LogP contribution in [0.1, 0.15) is 80.1 Å². The quantitative estimate of drug-likeness (QED) is 0.738. The molecule has 0 aromatic carbocycles. The summed E-state index contributed by atoms with van der Waals surface area (Å²) in [5.74, 6) is 4.82. The molecule has 5 aliphatic carbocycles. The van der Waals surface area contributed by atoms with Crippen molar-refractivity contribution in [3.8, 4) is 0 Å². The van der Waals surface area contributed by atoms with E-state index >= 15 is 0 Å². The number of rotatable bonds is 5. The van der Waals surface area contributed by atoms with E-state index in [1.165, 1.54) is 38.5 Å². The van der Waals surface area contributed by atoms with Crippen LogP contribution in [0, 0.1) is 51.2 Å². The molecule has 0 spiro atoms. The first-order valence-corrected chi connectivity index (χ1v) is 10.3. The summed E-state index contributed by atoms with van der Waals surface area (Å²) in [6.07, 6.45) is 8.75. The second kappa shape index (κ2) is 3.71. The zero-order valence-electron chi connectivity index (χ0n) is 16.2. The lowest BCUT2D eigenvalue weighted by molar-refractivity contribution is 0.189. The standard InChI is InChI=1S/C22H37N/c1-18(2,13-7-8-13)14-9-19(14,3)15-10-20(15,4)16-11-21(16,5)17-12-22(17,6)23/h13-17H,7-12,23H2,1-6H3. The zero-order valence-corrected chi connectivity index (χ0v) is 16.2. The molecule has 0 bridgehead atoms. The highest BCUT2D eigenvalue weighted by Crippen LogP contribution is 2.85. The number of hydrogen-bond donors (Lipinski definition) is 1. The molecule has 0 aliphatic heterocycles. The van der Waals surface area contributed by atoms with Gasteiger partial charge in [0.05, 0.1) is 0 Å². The van der Waals surface area contributed by atoms with Crippen molar-refractivity contribution in [2.45, 2.75) is 85.6 Å². The molecule has 5 aliphatic rings. The minimum absolute atomic E-state index is 0.157. The van der Waals surface area contributed by atoms with E-state index in [9.17, 15) is 0 Å². The van der Waals surface area contributed by atoms with Crippen molar-refractivity contribution in [2.75, 3.05) is 0 Å². The highest BCUT2D eigenvalue weighted by molar-refractivity contribution is 5.29. The van der Waals surface area contributed by atoms with Gasteiger partial charge in [0.1, 0.15) is 0 Å². The first-order chi connectivity index (χ1) is 10.5. The third-order valence-electron chi connectivity index (χ3n) is 10.0. The largest absolute Gasteiger partial charge is 0.325 e. The Balaban J connectivity index is 1.29. The van der Waals surface area contributed by atoms with Gasteiger partial charge in [0.2, 0.25) is 0 Å². The second-order valence-corrected chi connectivity index (χ2v) is 12.1. The Hall–Kier alpha value is -0.0400. The van der Waals surface area contributed by atoms with Gasteiger partial charge in [-0.05, 0) is 96.7 Å². The van der Waals surface area contributed by atoms with Crippen LogP contribution in [0.2, 0.25) is 0 Å². The van der Waals surface area contributed by atoms with Gasteiger partial charge in [-0.2, -0.15) is 0 Å². The highest BCUT2D eigenvalue weighted by atomic mass is 14.9. The lowest BCUT2D eigenvalue weighted by Crippen LogP contribution is -2.26. The fraction of sp³-hybridized carbons (Fsp3) is 1.00. The fourth-order valence-corrected chi connectivity index (χ4v) is 7.86. The molecule has 23 heavy (non-hydrogen) atoms. The van der Waals surface area contributed by atoms with E-state index in [-0.39, 0.29) is 5.54 Å². The molecule has 0 aromatic heterocycles. The molecule has 0 saturated heterocycles. The van der Waals surface area contributed by atoms with E-state index in [0.717, 1.165) is 29.6 Å². The lowest BCUT2D eigenvalue weighted by atomic mass is 9.76. The molecule has 5 rings (SSSR count). The number of hydrogen-bond acceptors (Lipinski definition) is 1. The van der Waals surface area contributed by atoms with Gasteiger partial charge in [0.15, 0.2) is 0 Å². The molecule has 8 atom stereocenters. The average Bonchev–Trinajstić information content (AvgIpc) is 3.27. The van der Waals surface area contributed by atoms with Gasteiger partial charge in [-0.3, -0.25) is 0 Å². The van der Waals surface area contributed by atoms with Crippen LogP contribution < -0.4 is 5.73 Å². The summed E-state index contributed by atoms with van der Waals surface area (Å²) < 4.78 is 0. The Morgan fingerprint density at radius 3 is 1.70 bits per heavy atom. The molecular formula is C22H37N. The van der Waals surface area contributed by atoms with Crippen molar-refractivity contribution in [1.82, 2.24) is 0 Å². The first-order valence-electron chi connectivity index (χ1n) is 10.3. The molecule has 5 saturated carbocycles. The van der Waals surface area contributed by atoms with Crippen LogP contribution in [0.3, 0.4) is 0 Å². The van der Waals surface area contributed by atoms with Crippen LogP contribution in [-0.4, -0.2) is 5.54 Å². The molecule has 2 N–H and O–H groups in total. The minimum Gasteiger partial charge on any atom is -0.325 e. The third-order valence-corrected chi connectivity index (χ3v) is 10.0. The zero-order chi connectivity index (χ0) is 16.6. The van der Waals surface area contributed by atoms with Crippen LogP contribution in [-0.2, 0) is 0 Å². The van der Waals surface area contributed by atoms with Crippen LogP contribution in [0.25, 0.3) is 0 Å². The van der Waals surface area contributed by atoms with Crippen LogP contribution in [0.15, 0.2) is 0 Å². The monoisotopic (exact) mass is 315 g/mol. The summed E-state index contributed by atoms with van der Waals surface area (Å²) in [6.45, 7) is 15.3. The summed E-state index contributed by atoms with van der Waals surface area (Å²) in [4.78, 5) is 0. The smallest absolute Gasteiger partial charge is 0.0163 e. The Morgan fingerprint density at radius 1 is 0.739 bits per heavy atom. The summed E-state index contributed by atoms with van der Waals surface area (Å²) in [5, 5.41) is 0. The van der Waals surface area contributed by atoms with Gasteiger partial charge in [-0.1, -0.05) is 34.6 Å². The molecule has 5 fully saturated rings. The summed E-state index contributed by atoms with van der Waals surface area (Å²) >= 11 is 0. The van der Waals surface area contributed by atoms with Crippen LogP contribution in [0.5, 0.6) is 0 Å². The molecule has 8 unspecified atom stereocenters. The normalized spacial score (nSPS) is 63.8. The molecule has 0 heterocycles. The molecular weight excluding hydrogens is 278 g/mol. The molecule has 0 amide bonds. The summed E-state index contributed by atoms with van der Waals surface area (Å²) in [7, 11) is 0. The highest BCUT2D eigenvalue weighted by Gasteiger charge is 2.79. The van der Waals surface area contributed by atoms with Crippen molar-refractivity contribution < 1.29 is 0 Å². The van der Waals surface area contributed by atoms with Gasteiger partial charge >= 0.3 is 0 Å². The Bertz CT molecular complexity index is 573. The molecule has 1 heteroatoms. The third kappa shape index (κ3) is 1.84. The van der Waals surface area contributed by atoms with Gasteiger partial charge < -0.3 is 5.73 Å². The van der Waals surface area contributed by atoms with Gasteiger partial charge in [0.25, 0.3) is 0 Å². The van der Waals surface area contributed by atoms with Crippen molar-refractivity contribution >= 4 is 0 Å². The van der Waals surface area contributed by atoms with Crippen molar-refractivity contribution in [3.05, 3.63) is 0 Å². The van der Waals surface area contributed by atoms with Crippen molar-refractivity contribution in [3.63, 3.8) is 0 Å². The Labute approximate surface area is 143 Å². The Morgan fingerprint density at radius 2 is 1.22 bits per heavy atom. The SMILES string of the molecule is CC1(N)CC1C1(C)CC1C1(C)CC1C1(C)CC1C(C)(C)C1CC1. The van der Waals surface area contributed by atoms with E-state index in [2.05, 4.69) is 41.5 Å². The first kappa shape index (κ1) is 15.2. The maximum absolute atomic E-state index is 6.41. The van der Waals surface area contributed by atoms with E-state index in [4.69, 9.17) is 5.73 Å². The molecule has 0 aromatic rings. The van der Waals surface area contributed by atoms with E-state index < -0.39 is 0 Å². The molecule has 130 valence electrons. The summed E-state index contributed by atoms with van der Waals surface area (Å²) in [5.41, 5.74) is 9.08. The topological polar surface area (TPSA) is 26.0 Å². The lowest BCUT2D eigenvalue weighted by Gasteiger charge is -2.29. The van der Waals surface area contributed by atoms with E-state index in [0.29, 0.717) is 21.7 Å². The van der Waals surface area contributed by atoms with Crippen molar-refractivity contribution in [2.24, 2.45) is 57.0 Å². The second-order valence-electron chi connectivity index (χ2n) is 12.1. The maximum Gasteiger partial charge on any atom is 0.0163 e. The summed E-state index contributed by atoms with van der Waals surface area (Å²) in [6, 6.07) is 0. The fourth-order valence-electron chi connectivity index (χ4n) is 7.86. The molecule has 0 radical (unpaired) electrons. The van der Waals surface area contributed by atoms with Crippen LogP contribution >= 0.6 is 0 Å². The van der Waals surface area contributed by atoms with Gasteiger partial charge in [-0.15, -0.1) is 0 Å². The maximum atomic E-state index is 6.41. The van der Waals surface area contributed by atoms with Gasteiger partial charge in [0, 0.05) is 5.54 Å². The number of nitrogens with two attached hydrogens (primary N) is 1. The predicted octanol–water partition coefficient (Wildman–Crippen LogP) is 5.24.